The van der Waals surface area contributed by atoms with E-state index in [2.05, 4.69) is 5.32 Å². The summed E-state index contributed by atoms with van der Waals surface area (Å²) in [7, 11) is 0. The average molecular weight is 184 g/mol. The van der Waals surface area contributed by atoms with Gasteiger partial charge in [-0.1, -0.05) is 0 Å². The fraction of sp³-hybridized carbons (Fsp3) is 0.750. The molecule has 0 aromatic carbocycles. The molecule has 1 heterocycles. The zero-order chi connectivity index (χ0) is 8.81. The Kier molecular flexibility index (Phi) is 3.95. The van der Waals surface area contributed by atoms with Crippen molar-refractivity contribution in [2.75, 3.05) is 18.1 Å². The molecule has 0 spiro atoms. The summed E-state index contributed by atoms with van der Waals surface area (Å²) in [4.78, 5) is 10.9. The molecule has 4 heteroatoms. The van der Waals surface area contributed by atoms with Crippen LogP contribution in [0.3, 0.4) is 0 Å². The number of nitriles is 1. The van der Waals surface area contributed by atoms with Gasteiger partial charge in [-0.25, -0.2) is 0 Å². The van der Waals surface area contributed by atoms with Crippen molar-refractivity contribution in [1.29, 1.82) is 5.26 Å². The maximum absolute atomic E-state index is 10.9. The van der Waals surface area contributed by atoms with Gasteiger partial charge in [-0.05, 0) is 23.8 Å². The van der Waals surface area contributed by atoms with E-state index in [1.165, 1.54) is 12.2 Å². The number of nitrogens with zero attached hydrogens (tertiary/aromatic N) is 1. The van der Waals surface area contributed by atoms with Crippen molar-refractivity contribution in [2.24, 2.45) is 5.92 Å². The van der Waals surface area contributed by atoms with Crippen molar-refractivity contribution < 1.29 is 4.79 Å². The molecule has 1 fully saturated rings. The first-order valence-corrected chi connectivity index (χ1v) is 5.20. The van der Waals surface area contributed by atoms with Gasteiger partial charge in [0.15, 0.2) is 0 Å². The molecule has 1 unspecified atom stereocenters. The number of carbonyl (C=O) groups is 1. The molecular formula is C8H12N2OS. The van der Waals surface area contributed by atoms with Crippen molar-refractivity contribution in [3.63, 3.8) is 0 Å². The van der Waals surface area contributed by atoms with Crippen molar-refractivity contribution in [3.8, 4) is 6.07 Å². The minimum atomic E-state index is -0.144. The van der Waals surface area contributed by atoms with Gasteiger partial charge in [-0.3, -0.25) is 4.79 Å². The van der Waals surface area contributed by atoms with Gasteiger partial charge in [0, 0.05) is 6.54 Å². The third-order valence-electron chi connectivity index (χ3n) is 1.85. The Labute approximate surface area is 76.5 Å². The topological polar surface area (TPSA) is 52.9 Å². The highest BCUT2D eigenvalue weighted by Gasteiger charge is 2.15. The van der Waals surface area contributed by atoms with Crippen molar-refractivity contribution >= 4 is 17.7 Å². The monoisotopic (exact) mass is 184 g/mol. The van der Waals surface area contributed by atoms with Gasteiger partial charge in [-0.15, -0.1) is 0 Å². The Balaban J connectivity index is 2.08. The second-order valence-corrected chi connectivity index (χ2v) is 4.02. The summed E-state index contributed by atoms with van der Waals surface area (Å²) in [6, 6.07) is 1.83. The Morgan fingerprint density at radius 2 is 2.58 bits per heavy atom. The summed E-state index contributed by atoms with van der Waals surface area (Å²) in [5.74, 6) is 2.83. The van der Waals surface area contributed by atoms with Crippen LogP contribution in [0.1, 0.15) is 12.8 Å². The molecule has 0 aromatic heterocycles. The molecule has 1 aliphatic heterocycles. The largest absolute Gasteiger partial charge is 0.355 e. The highest BCUT2D eigenvalue weighted by molar-refractivity contribution is 7.99. The van der Waals surface area contributed by atoms with Crippen molar-refractivity contribution in [1.82, 2.24) is 5.32 Å². The van der Waals surface area contributed by atoms with E-state index in [4.69, 9.17) is 5.26 Å². The number of amides is 1. The molecule has 0 aliphatic carbocycles. The normalized spacial score (nSPS) is 21.8. The van der Waals surface area contributed by atoms with E-state index in [9.17, 15) is 4.79 Å². The smallest absolute Gasteiger partial charge is 0.234 e. The number of hydrogen-bond donors (Lipinski definition) is 1. The van der Waals surface area contributed by atoms with Gasteiger partial charge < -0.3 is 5.32 Å². The molecule has 0 aromatic rings. The van der Waals surface area contributed by atoms with E-state index in [1.54, 1.807) is 0 Å². The Morgan fingerprint density at radius 3 is 3.17 bits per heavy atom. The van der Waals surface area contributed by atoms with Gasteiger partial charge in [0.05, 0.1) is 6.07 Å². The van der Waals surface area contributed by atoms with Crippen LogP contribution in [0.4, 0.5) is 0 Å². The fourth-order valence-electron chi connectivity index (χ4n) is 1.14. The van der Waals surface area contributed by atoms with Gasteiger partial charge in [0.25, 0.3) is 0 Å². The number of rotatable bonds is 3. The molecule has 1 rings (SSSR count). The van der Waals surface area contributed by atoms with Gasteiger partial charge in [-0.2, -0.15) is 17.0 Å². The zero-order valence-electron chi connectivity index (χ0n) is 6.88. The summed E-state index contributed by atoms with van der Waals surface area (Å²) in [5, 5.41) is 11.0. The highest BCUT2D eigenvalue weighted by atomic mass is 32.2. The van der Waals surface area contributed by atoms with Crippen LogP contribution in [0, 0.1) is 17.2 Å². The van der Waals surface area contributed by atoms with Gasteiger partial charge in [0.2, 0.25) is 5.91 Å². The first-order chi connectivity index (χ1) is 5.83. The molecule has 1 atom stereocenters. The number of thioether (sulfide) groups is 1. The lowest BCUT2D eigenvalue weighted by Crippen LogP contribution is -2.28. The second-order valence-electron chi connectivity index (χ2n) is 2.87. The summed E-state index contributed by atoms with van der Waals surface area (Å²) in [5.41, 5.74) is 0. The first kappa shape index (κ1) is 9.40. The van der Waals surface area contributed by atoms with Crippen LogP contribution in [-0.2, 0) is 4.79 Å². The summed E-state index contributed by atoms with van der Waals surface area (Å²) in [6.45, 7) is 0.744. The number of nitrogens with one attached hydrogen (secondary N) is 1. The fourth-order valence-corrected chi connectivity index (χ4v) is 2.42. The number of hydrogen-bond acceptors (Lipinski definition) is 3. The van der Waals surface area contributed by atoms with E-state index in [0.29, 0.717) is 5.92 Å². The van der Waals surface area contributed by atoms with E-state index < -0.39 is 0 Å². The quantitative estimate of drug-likeness (QED) is 0.705. The van der Waals surface area contributed by atoms with E-state index in [0.717, 1.165) is 12.3 Å². The molecule has 66 valence electrons. The molecule has 1 N–H and O–H groups in total. The maximum Gasteiger partial charge on any atom is 0.234 e. The zero-order valence-corrected chi connectivity index (χ0v) is 7.69. The van der Waals surface area contributed by atoms with Gasteiger partial charge in [0.1, 0.15) is 6.42 Å². The van der Waals surface area contributed by atoms with E-state index in [1.807, 2.05) is 17.8 Å². The van der Waals surface area contributed by atoms with Crippen LogP contribution in [0.5, 0.6) is 0 Å². The van der Waals surface area contributed by atoms with E-state index in [-0.39, 0.29) is 12.3 Å². The van der Waals surface area contributed by atoms with Gasteiger partial charge >= 0.3 is 0 Å². The van der Waals surface area contributed by atoms with Crippen LogP contribution >= 0.6 is 11.8 Å². The molecule has 0 saturated carbocycles. The van der Waals surface area contributed by atoms with Crippen LogP contribution in [0.15, 0.2) is 0 Å². The standard InChI is InChI=1S/C8H12N2OS/c9-3-1-8(11)10-5-7-2-4-12-6-7/h7H,1-2,4-6H2,(H,10,11). The molecule has 1 saturated heterocycles. The molecule has 1 aliphatic rings. The predicted octanol–water partition coefficient (Wildman–Crippen LogP) is 0.769. The minimum absolute atomic E-state index is 0.0140. The molecule has 3 nitrogen and oxygen atoms in total. The van der Waals surface area contributed by atoms with Crippen LogP contribution in [0.2, 0.25) is 0 Å². The molecule has 1 amide bonds. The predicted molar refractivity (Wildman–Crippen MR) is 48.7 cm³/mol. The lowest BCUT2D eigenvalue weighted by Gasteiger charge is -2.07. The molecular weight excluding hydrogens is 172 g/mol. The van der Waals surface area contributed by atoms with Crippen LogP contribution < -0.4 is 5.32 Å². The summed E-state index contributed by atoms with van der Waals surface area (Å²) >= 11 is 1.93. The van der Waals surface area contributed by atoms with E-state index >= 15 is 0 Å². The lowest BCUT2D eigenvalue weighted by molar-refractivity contribution is -0.120. The SMILES string of the molecule is N#CCC(=O)NCC1CCSC1. The maximum atomic E-state index is 10.9. The van der Waals surface area contributed by atoms with Crippen LogP contribution in [-0.4, -0.2) is 24.0 Å². The Bertz CT molecular complexity index is 194. The second kappa shape index (κ2) is 5.04. The number of carbonyl (C=O) groups excluding carboxylic acids is 1. The van der Waals surface area contributed by atoms with Crippen LogP contribution in [0.25, 0.3) is 0 Å². The summed E-state index contributed by atoms with van der Waals surface area (Å²) < 4.78 is 0. The highest BCUT2D eigenvalue weighted by Crippen LogP contribution is 2.22. The summed E-state index contributed by atoms with van der Waals surface area (Å²) in [6.07, 6.45) is 1.18. The minimum Gasteiger partial charge on any atom is -0.355 e. The molecule has 0 radical (unpaired) electrons. The first-order valence-electron chi connectivity index (χ1n) is 4.04. The molecule has 0 bridgehead atoms. The third-order valence-corrected chi connectivity index (χ3v) is 3.08. The van der Waals surface area contributed by atoms with Crippen molar-refractivity contribution in [3.05, 3.63) is 0 Å². The third kappa shape index (κ3) is 3.14. The Morgan fingerprint density at radius 1 is 1.75 bits per heavy atom. The Hall–Kier alpha value is -0.690. The lowest BCUT2D eigenvalue weighted by atomic mass is 10.1. The average Bonchev–Trinajstić information content (AvgIpc) is 2.53. The van der Waals surface area contributed by atoms with Crippen molar-refractivity contribution in [2.45, 2.75) is 12.8 Å². The molecule has 12 heavy (non-hydrogen) atoms.